The smallest absolute Gasteiger partial charge is 0.232 e. The van der Waals surface area contributed by atoms with Crippen LogP contribution >= 0.6 is 0 Å². The van der Waals surface area contributed by atoms with Gasteiger partial charge < -0.3 is 10.6 Å². The van der Waals surface area contributed by atoms with Crippen LogP contribution in [-0.2, 0) is 0 Å². The van der Waals surface area contributed by atoms with E-state index in [1.54, 1.807) is 0 Å². The fourth-order valence-corrected chi connectivity index (χ4v) is 5.50. The van der Waals surface area contributed by atoms with Crippen LogP contribution in [0.3, 0.4) is 0 Å². The highest BCUT2D eigenvalue weighted by Gasteiger charge is 2.20. The fraction of sp³-hybridized carbons (Fsp3) is 0.633. The predicted molar refractivity (Wildman–Crippen MR) is 148 cm³/mol. The van der Waals surface area contributed by atoms with Gasteiger partial charge >= 0.3 is 0 Å². The van der Waals surface area contributed by atoms with Gasteiger partial charge in [-0.05, 0) is 37.8 Å². The van der Waals surface area contributed by atoms with Crippen LogP contribution in [0.25, 0.3) is 0 Å². The van der Waals surface area contributed by atoms with Gasteiger partial charge in [-0.3, -0.25) is 0 Å². The van der Waals surface area contributed by atoms with Gasteiger partial charge in [-0.1, -0.05) is 114 Å². The van der Waals surface area contributed by atoms with Crippen LogP contribution in [0.1, 0.15) is 121 Å². The van der Waals surface area contributed by atoms with E-state index in [9.17, 15) is 0 Å². The summed E-state index contributed by atoms with van der Waals surface area (Å²) in [5, 5.41) is 7.23. The molecule has 0 saturated heterocycles. The van der Waals surface area contributed by atoms with Crippen molar-refractivity contribution in [3.8, 4) is 0 Å². The SMILES string of the molecule is C1=C\C=C/C(Nc2nc(NC3CCCCCCCCC3)nc(C3CCCCCCCC3)n2)=C\C=C/1. The predicted octanol–water partition coefficient (Wildman–Crippen LogP) is 8.37. The van der Waals surface area contributed by atoms with Gasteiger partial charge in [0.15, 0.2) is 0 Å². The zero-order chi connectivity index (χ0) is 24.0. The molecule has 35 heavy (non-hydrogen) atoms. The lowest BCUT2D eigenvalue weighted by Crippen LogP contribution is -2.23. The molecule has 5 nitrogen and oxygen atoms in total. The van der Waals surface area contributed by atoms with Gasteiger partial charge in [0.2, 0.25) is 11.9 Å². The van der Waals surface area contributed by atoms with E-state index in [0.29, 0.717) is 17.9 Å². The lowest BCUT2D eigenvalue weighted by molar-refractivity contribution is 0.474. The average Bonchev–Trinajstić information content (AvgIpc) is 2.99. The molecule has 2 saturated carbocycles. The third kappa shape index (κ3) is 9.27. The van der Waals surface area contributed by atoms with Gasteiger partial charge in [0.25, 0.3) is 0 Å². The molecule has 1 aromatic rings. The minimum Gasteiger partial charge on any atom is -0.351 e. The monoisotopic (exact) mass is 475 g/mol. The zero-order valence-electron chi connectivity index (χ0n) is 21.6. The van der Waals surface area contributed by atoms with Crippen molar-refractivity contribution >= 4 is 11.9 Å². The first-order valence-electron chi connectivity index (χ1n) is 14.4. The minimum absolute atomic E-state index is 0.422. The van der Waals surface area contributed by atoms with Gasteiger partial charge in [0.1, 0.15) is 5.82 Å². The molecule has 190 valence electrons. The van der Waals surface area contributed by atoms with Crippen molar-refractivity contribution in [3.05, 3.63) is 54.1 Å². The number of nitrogens with one attached hydrogen (secondary N) is 2. The van der Waals surface area contributed by atoms with Crippen molar-refractivity contribution in [1.82, 2.24) is 15.0 Å². The van der Waals surface area contributed by atoms with Crippen LogP contribution in [0.5, 0.6) is 0 Å². The molecular formula is C30H45N5. The highest BCUT2D eigenvalue weighted by atomic mass is 15.2. The molecule has 5 heteroatoms. The first kappa shape index (κ1) is 25.7. The molecule has 3 aliphatic rings. The van der Waals surface area contributed by atoms with Gasteiger partial charge in [0, 0.05) is 17.7 Å². The van der Waals surface area contributed by atoms with Crippen LogP contribution in [0.15, 0.2) is 48.2 Å². The minimum atomic E-state index is 0.422. The maximum atomic E-state index is 5.04. The van der Waals surface area contributed by atoms with Gasteiger partial charge in [0.05, 0.1) is 0 Å². The molecule has 1 heterocycles. The molecular weight excluding hydrogens is 430 g/mol. The Morgan fingerprint density at radius 1 is 0.543 bits per heavy atom. The van der Waals surface area contributed by atoms with E-state index in [-0.39, 0.29) is 0 Å². The standard InChI is InChI=1S/C30H45N5/c1-2-9-15-21-26(22-16-10-3-1)31-29-33-28(25-19-13-7-4-5-8-14-20-25)34-30(35-29)32-27-23-17-11-6-12-18-24-27/h6,11-12,17-18,23-26H,1-5,7-10,13-16,19-22H2,(H2,31,32,33,34,35)/b11-6-,12-6?,17-11?,18-12-,23-17-,24-18?,27-23?,27-24+. The van der Waals surface area contributed by atoms with Gasteiger partial charge in [-0.25, -0.2) is 0 Å². The molecule has 0 atom stereocenters. The van der Waals surface area contributed by atoms with Crippen LogP contribution < -0.4 is 10.6 Å². The number of anilines is 2. The molecule has 2 N–H and O–H groups in total. The summed E-state index contributed by atoms with van der Waals surface area (Å²) in [4.78, 5) is 14.9. The van der Waals surface area contributed by atoms with E-state index in [4.69, 9.17) is 15.0 Å². The molecule has 0 radical (unpaired) electrons. The van der Waals surface area contributed by atoms with E-state index >= 15 is 0 Å². The molecule has 0 unspecified atom stereocenters. The van der Waals surface area contributed by atoms with Crippen LogP contribution in [-0.4, -0.2) is 21.0 Å². The molecule has 4 rings (SSSR count). The molecule has 0 amide bonds. The summed E-state index contributed by atoms with van der Waals surface area (Å²) in [7, 11) is 0. The number of nitrogens with zero attached hydrogens (tertiary/aromatic N) is 3. The highest BCUT2D eigenvalue weighted by Crippen LogP contribution is 2.30. The topological polar surface area (TPSA) is 62.7 Å². The molecule has 2 fully saturated rings. The summed E-state index contributed by atoms with van der Waals surface area (Å²) < 4.78 is 0. The first-order chi connectivity index (χ1) is 17.4. The number of rotatable bonds is 5. The fourth-order valence-electron chi connectivity index (χ4n) is 5.50. The van der Waals surface area contributed by atoms with E-state index < -0.39 is 0 Å². The zero-order valence-corrected chi connectivity index (χ0v) is 21.6. The van der Waals surface area contributed by atoms with Gasteiger partial charge in [-0.2, -0.15) is 15.0 Å². The molecule has 0 aliphatic heterocycles. The number of hydrogen-bond acceptors (Lipinski definition) is 5. The lowest BCUT2D eigenvalue weighted by atomic mass is 9.96. The van der Waals surface area contributed by atoms with Crippen molar-refractivity contribution in [3.63, 3.8) is 0 Å². The van der Waals surface area contributed by atoms with Crippen LogP contribution in [0.4, 0.5) is 11.9 Å². The van der Waals surface area contributed by atoms with Crippen molar-refractivity contribution in [2.45, 2.75) is 121 Å². The largest absolute Gasteiger partial charge is 0.351 e. The maximum absolute atomic E-state index is 5.04. The molecule has 0 bridgehead atoms. The molecule has 0 aromatic carbocycles. The van der Waals surface area contributed by atoms with E-state index in [1.807, 2.05) is 30.4 Å². The molecule has 1 aromatic heterocycles. The Morgan fingerprint density at radius 3 is 1.77 bits per heavy atom. The number of allylic oxidation sites excluding steroid dienone is 7. The Labute approximate surface area is 212 Å². The summed E-state index contributed by atoms with van der Waals surface area (Å²) >= 11 is 0. The summed E-state index contributed by atoms with van der Waals surface area (Å²) in [6.07, 6.45) is 36.5. The molecule has 3 aliphatic carbocycles. The average molecular weight is 476 g/mol. The van der Waals surface area contributed by atoms with Crippen molar-refractivity contribution < 1.29 is 0 Å². The molecule has 0 spiro atoms. The summed E-state index contributed by atoms with van der Waals surface area (Å²) in [5.41, 5.74) is 0.988. The normalized spacial score (nSPS) is 25.9. The van der Waals surface area contributed by atoms with Crippen molar-refractivity contribution in [2.24, 2.45) is 0 Å². The van der Waals surface area contributed by atoms with E-state index in [2.05, 4.69) is 22.8 Å². The first-order valence-corrected chi connectivity index (χ1v) is 14.4. The summed E-state index contributed by atoms with van der Waals surface area (Å²) in [5.74, 6) is 2.81. The Kier molecular flexibility index (Phi) is 10.9. The van der Waals surface area contributed by atoms with Gasteiger partial charge in [-0.15, -0.1) is 0 Å². The highest BCUT2D eigenvalue weighted by molar-refractivity contribution is 5.46. The van der Waals surface area contributed by atoms with Crippen LogP contribution in [0.2, 0.25) is 0 Å². The van der Waals surface area contributed by atoms with Crippen molar-refractivity contribution in [1.29, 1.82) is 0 Å². The third-order valence-electron chi connectivity index (χ3n) is 7.56. The second-order valence-corrected chi connectivity index (χ2v) is 10.5. The maximum Gasteiger partial charge on any atom is 0.232 e. The quantitative estimate of drug-likeness (QED) is 0.448. The lowest BCUT2D eigenvalue weighted by Gasteiger charge is -2.22. The number of hydrogen-bond donors (Lipinski definition) is 2. The van der Waals surface area contributed by atoms with E-state index in [0.717, 1.165) is 17.5 Å². The summed E-state index contributed by atoms with van der Waals surface area (Å²) in [6.45, 7) is 0. The second kappa shape index (κ2) is 14.9. The summed E-state index contributed by atoms with van der Waals surface area (Å²) in [6, 6.07) is 0.449. The van der Waals surface area contributed by atoms with Crippen molar-refractivity contribution in [2.75, 3.05) is 10.6 Å². The Balaban J connectivity index is 1.55. The van der Waals surface area contributed by atoms with Crippen LogP contribution in [0, 0.1) is 0 Å². The Morgan fingerprint density at radius 2 is 1.09 bits per heavy atom. The number of aromatic nitrogens is 3. The Hall–Kier alpha value is -2.43. The second-order valence-electron chi connectivity index (χ2n) is 10.5. The third-order valence-corrected chi connectivity index (χ3v) is 7.56. The Bertz CT molecular complexity index is 865. The van der Waals surface area contributed by atoms with E-state index in [1.165, 1.54) is 109 Å².